The fourth-order valence-corrected chi connectivity index (χ4v) is 2.52. The third-order valence-electron chi connectivity index (χ3n) is 3.86. The number of amides is 3. The van der Waals surface area contributed by atoms with Gasteiger partial charge in [-0.1, -0.05) is 36.4 Å². The number of hydrogen-bond acceptors (Lipinski definition) is 3. The van der Waals surface area contributed by atoms with E-state index in [1.54, 1.807) is 29.2 Å². The molecule has 0 spiro atoms. The van der Waals surface area contributed by atoms with Crippen molar-refractivity contribution in [2.75, 3.05) is 37.4 Å². The van der Waals surface area contributed by atoms with E-state index < -0.39 is 0 Å². The Bertz CT molecular complexity index is 719. The highest BCUT2D eigenvalue weighted by molar-refractivity contribution is 5.94. The lowest BCUT2D eigenvalue weighted by Crippen LogP contribution is -2.36. The highest BCUT2D eigenvalue weighted by Crippen LogP contribution is 2.16. The summed E-state index contributed by atoms with van der Waals surface area (Å²) in [7, 11) is 1.46. The Hall–Kier alpha value is -2.86. The number of carbonyl (C=O) groups excluding carboxylic acids is 2. The van der Waals surface area contributed by atoms with Gasteiger partial charge in [0.25, 0.3) is 0 Å². The van der Waals surface area contributed by atoms with Gasteiger partial charge < -0.3 is 20.3 Å². The molecule has 2 rings (SSSR count). The number of urea groups is 1. The number of hydrogen-bond donors (Lipinski definition) is 2. The zero-order chi connectivity index (χ0) is 18.8. The average Bonchev–Trinajstić information content (AvgIpc) is 2.63. The molecule has 0 aromatic heterocycles. The smallest absolute Gasteiger partial charge is 0.321 e. The number of rotatable bonds is 8. The highest BCUT2D eigenvalue weighted by atomic mass is 16.5. The molecule has 2 aromatic rings. The van der Waals surface area contributed by atoms with Crippen molar-refractivity contribution in [1.82, 2.24) is 4.90 Å². The van der Waals surface area contributed by atoms with E-state index in [4.69, 9.17) is 4.74 Å². The Balaban J connectivity index is 1.93. The number of nitrogens with zero attached hydrogens (tertiary/aromatic N) is 1. The number of benzene rings is 2. The molecule has 26 heavy (non-hydrogen) atoms. The molecule has 0 unspecified atom stereocenters. The van der Waals surface area contributed by atoms with Crippen molar-refractivity contribution < 1.29 is 14.3 Å². The fourth-order valence-electron chi connectivity index (χ4n) is 2.52. The third-order valence-corrected chi connectivity index (χ3v) is 3.86. The second-order valence-corrected chi connectivity index (χ2v) is 5.81. The van der Waals surface area contributed by atoms with E-state index >= 15 is 0 Å². The first-order valence-corrected chi connectivity index (χ1v) is 8.61. The number of nitrogens with one attached hydrogen (secondary N) is 2. The summed E-state index contributed by atoms with van der Waals surface area (Å²) in [6.07, 6.45) is 0.801. The van der Waals surface area contributed by atoms with Crippen LogP contribution >= 0.6 is 0 Å². The van der Waals surface area contributed by atoms with Crippen molar-refractivity contribution in [3.05, 3.63) is 60.2 Å². The lowest BCUT2D eigenvalue weighted by Gasteiger charge is -2.21. The summed E-state index contributed by atoms with van der Waals surface area (Å²) < 4.78 is 4.79. The molecule has 2 N–H and O–H groups in total. The largest absolute Gasteiger partial charge is 0.375 e. The van der Waals surface area contributed by atoms with Crippen LogP contribution in [-0.4, -0.2) is 43.6 Å². The Morgan fingerprint density at radius 2 is 1.69 bits per heavy atom. The summed E-state index contributed by atoms with van der Waals surface area (Å²) in [5.74, 6) is -0.242. The lowest BCUT2D eigenvalue weighted by molar-refractivity contribution is -0.119. The summed E-state index contributed by atoms with van der Waals surface area (Å²) in [5.41, 5.74) is 2.43. The van der Waals surface area contributed by atoms with Gasteiger partial charge in [0.2, 0.25) is 5.91 Å². The number of methoxy groups -OCH3 is 1. The van der Waals surface area contributed by atoms with Crippen LogP contribution in [0.25, 0.3) is 0 Å². The summed E-state index contributed by atoms with van der Waals surface area (Å²) in [5, 5.41) is 5.60. The van der Waals surface area contributed by atoms with Gasteiger partial charge in [-0.25, -0.2) is 4.79 Å². The van der Waals surface area contributed by atoms with Crippen molar-refractivity contribution in [3.63, 3.8) is 0 Å². The van der Waals surface area contributed by atoms with Gasteiger partial charge in [-0.15, -0.1) is 0 Å². The second-order valence-electron chi connectivity index (χ2n) is 5.81. The van der Waals surface area contributed by atoms with Gasteiger partial charge in [0.05, 0.1) is 0 Å². The lowest BCUT2D eigenvalue weighted by atomic mass is 10.1. The standard InChI is InChI=1S/C20H25N3O3/c1-3-23(13-12-16-8-5-4-6-9-16)20(25)22-18-11-7-10-17(14-18)21-19(24)15-26-2/h4-11,14H,3,12-13,15H2,1-2H3,(H,21,24)(H,22,25). The molecule has 3 amide bonds. The van der Waals surface area contributed by atoms with Crippen LogP contribution in [0.3, 0.4) is 0 Å². The molecule has 6 nitrogen and oxygen atoms in total. The Labute approximate surface area is 154 Å². The van der Waals surface area contributed by atoms with Crippen molar-refractivity contribution >= 4 is 23.3 Å². The van der Waals surface area contributed by atoms with Crippen LogP contribution in [0.5, 0.6) is 0 Å². The molecule has 0 bridgehead atoms. The van der Waals surface area contributed by atoms with E-state index in [1.807, 2.05) is 25.1 Å². The van der Waals surface area contributed by atoms with Crippen molar-refractivity contribution in [2.45, 2.75) is 13.3 Å². The summed E-state index contributed by atoms with van der Waals surface area (Å²) in [6, 6.07) is 17.0. The number of anilines is 2. The van der Waals surface area contributed by atoms with Crippen molar-refractivity contribution in [1.29, 1.82) is 0 Å². The van der Waals surface area contributed by atoms with Crippen LogP contribution < -0.4 is 10.6 Å². The molecule has 0 radical (unpaired) electrons. The maximum atomic E-state index is 12.5. The summed E-state index contributed by atoms with van der Waals surface area (Å²) in [4.78, 5) is 25.9. The van der Waals surface area contributed by atoms with Gasteiger partial charge in [0.1, 0.15) is 6.61 Å². The van der Waals surface area contributed by atoms with Crippen molar-refractivity contribution in [2.24, 2.45) is 0 Å². The molecule has 0 saturated heterocycles. The van der Waals surface area contributed by atoms with Gasteiger partial charge >= 0.3 is 6.03 Å². The van der Waals surface area contributed by atoms with Crippen molar-refractivity contribution in [3.8, 4) is 0 Å². The normalized spacial score (nSPS) is 10.2. The first-order valence-electron chi connectivity index (χ1n) is 8.61. The minimum Gasteiger partial charge on any atom is -0.375 e. The molecule has 0 atom stereocenters. The zero-order valence-corrected chi connectivity index (χ0v) is 15.2. The predicted molar refractivity (Wildman–Crippen MR) is 103 cm³/mol. The highest BCUT2D eigenvalue weighted by Gasteiger charge is 2.12. The molecular weight excluding hydrogens is 330 g/mol. The molecule has 0 saturated carbocycles. The maximum Gasteiger partial charge on any atom is 0.321 e. The molecular formula is C20H25N3O3. The molecule has 0 aliphatic carbocycles. The van der Waals surface area contributed by atoms with E-state index in [0.717, 1.165) is 6.42 Å². The van der Waals surface area contributed by atoms with Crippen LogP contribution in [0.2, 0.25) is 0 Å². The zero-order valence-electron chi connectivity index (χ0n) is 15.2. The van der Waals surface area contributed by atoms with E-state index in [0.29, 0.717) is 24.5 Å². The van der Waals surface area contributed by atoms with Gasteiger partial charge in [-0.05, 0) is 37.1 Å². The summed E-state index contributed by atoms with van der Waals surface area (Å²) >= 11 is 0. The van der Waals surface area contributed by atoms with E-state index in [1.165, 1.54) is 12.7 Å². The average molecular weight is 355 g/mol. The molecule has 138 valence electrons. The Morgan fingerprint density at radius 1 is 1.00 bits per heavy atom. The molecule has 0 heterocycles. The first-order chi connectivity index (χ1) is 12.6. The molecule has 0 aliphatic heterocycles. The molecule has 0 aliphatic rings. The van der Waals surface area contributed by atoms with E-state index in [-0.39, 0.29) is 18.5 Å². The Morgan fingerprint density at radius 3 is 2.35 bits per heavy atom. The minimum atomic E-state index is -0.242. The van der Waals surface area contributed by atoms with Crippen LogP contribution in [-0.2, 0) is 16.0 Å². The van der Waals surface area contributed by atoms with Crippen LogP contribution in [0.4, 0.5) is 16.2 Å². The fraction of sp³-hybridized carbons (Fsp3) is 0.300. The van der Waals surface area contributed by atoms with Crippen LogP contribution in [0.15, 0.2) is 54.6 Å². The maximum absolute atomic E-state index is 12.5. The minimum absolute atomic E-state index is 0.0142. The topological polar surface area (TPSA) is 70.7 Å². The van der Waals surface area contributed by atoms with Gasteiger partial charge in [0.15, 0.2) is 0 Å². The number of ether oxygens (including phenoxy) is 1. The first kappa shape index (κ1) is 19.5. The predicted octanol–water partition coefficient (Wildman–Crippen LogP) is 3.37. The van der Waals surface area contributed by atoms with Gasteiger partial charge in [-0.2, -0.15) is 0 Å². The second kappa shape index (κ2) is 10.2. The van der Waals surface area contributed by atoms with Crippen LogP contribution in [0.1, 0.15) is 12.5 Å². The Kier molecular flexibility index (Phi) is 7.64. The van der Waals surface area contributed by atoms with Gasteiger partial charge in [0, 0.05) is 31.6 Å². The monoisotopic (exact) mass is 355 g/mol. The third kappa shape index (κ3) is 6.22. The molecule has 0 fully saturated rings. The van der Waals surface area contributed by atoms with Gasteiger partial charge in [-0.3, -0.25) is 4.79 Å². The summed E-state index contributed by atoms with van der Waals surface area (Å²) in [6.45, 7) is 3.19. The quantitative estimate of drug-likeness (QED) is 0.763. The molecule has 2 aromatic carbocycles. The number of likely N-dealkylation sites (N-methyl/N-ethyl adjacent to an activating group) is 1. The van der Waals surface area contributed by atoms with E-state index in [9.17, 15) is 9.59 Å². The number of carbonyl (C=O) groups is 2. The molecule has 6 heteroatoms. The SMILES string of the molecule is CCN(CCc1ccccc1)C(=O)Nc1cccc(NC(=O)COC)c1. The van der Waals surface area contributed by atoms with Crippen LogP contribution in [0, 0.1) is 0 Å². The van der Waals surface area contributed by atoms with E-state index in [2.05, 4.69) is 22.8 Å².